The predicted molar refractivity (Wildman–Crippen MR) is 60.8 cm³/mol. The maximum atomic E-state index is 11.9. The van der Waals surface area contributed by atoms with E-state index in [-0.39, 0.29) is 11.8 Å². The van der Waals surface area contributed by atoms with Crippen molar-refractivity contribution in [3.05, 3.63) is 35.7 Å². The smallest absolute Gasteiger partial charge is 0.304 e. The highest BCUT2D eigenvalue weighted by Crippen LogP contribution is 2.98. The average molecular weight is 290 g/mol. The second-order valence-corrected chi connectivity index (χ2v) is 5.72. The largest absolute Gasteiger partial charge is 0.497 e. The summed E-state index contributed by atoms with van der Waals surface area (Å²) in [6, 6.07) is 5.96. The molecule has 0 amide bonds. The molecule has 8 heteroatoms. The number of hydrogen-bond acceptors (Lipinski definition) is 2. The van der Waals surface area contributed by atoms with Crippen LogP contribution in [0.3, 0.4) is 0 Å². The summed E-state index contributed by atoms with van der Waals surface area (Å²) in [7, 11) is -8.03. The Labute approximate surface area is 101 Å². The van der Waals surface area contributed by atoms with E-state index in [0.717, 1.165) is 0 Å². The molecule has 0 aliphatic rings. The molecular weight excluding hydrogens is 279 g/mol. The molecule has 104 valence electrons. The van der Waals surface area contributed by atoms with Crippen LogP contribution < -0.4 is 9.47 Å². The van der Waals surface area contributed by atoms with Gasteiger partial charge < -0.3 is 9.47 Å². The van der Waals surface area contributed by atoms with Crippen LogP contribution in [0.4, 0.5) is 19.4 Å². The van der Waals surface area contributed by atoms with Gasteiger partial charge in [-0.25, -0.2) is 0 Å². The Balaban J connectivity index is 2.55. The van der Waals surface area contributed by atoms with Crippen molar-refractivity contribution in [2.75, 3.05) is 13.7 Å². The van der Waals surface area contributed by atoms with Crippen LogP contribution in [0.25, 0.3) is 0 Å². The number of methoxy groups -OCH3 is 1. The van der Waals surface area contributed by atoms with Gasteiger partial charge in [0.1, 0.15) is 18.1 Å². The first kappa shape index (κ1) is 14.6. The molecule has 0 unspecified atom stereocenters. The molecule has 0 spiro atoms. The van der Waals surface area contributed by atoms with Crippen LogP contribution in [0.1, 0.15) is 0 Å². The normalized spacial score (nSPS) is 16.1. The molecule has 0 aliphatic heterocycles. The Morgan fingerprint density at radius 2 is 1.50 bits per heavy atom. The van der Waals surface area contributed by atoms with Crippen LogP contribution in [0.5, 0.6) is 11.5 Å². The summed E-state index contributed by atoms with van der Waals surface area (Å²) in [6.45, 7) is -0.599. The Morgan fingerprint density at radius 1 is 1.00 bits per heavy atom. The van der Waals surface area contributed by atoms with E-state index in [0.29, 0.717) is 5.75 Å². The first-order chi connectivity index (χ1) is 7.99. The maximum Gasteiger partial charge on any atom is 0.304 e. The van der Waals surface area contributed by atoms with E-state index in [1.807, 2.05) is 0 Å². The second kappa shape index (κ2) is 4.04. The molecule has 0 aromatic heterocycles. The van der Waals surface area contributed by atoms with E-state index < -0.39 is 22.2 Å². The molecule has 0 heterocycles. The van der Waals surface area contributed by atoms with Crippen molar-refractivity contribution in [1.82, 2.24) is 0 Å². The van der Waals surface area contributed by atoms with Crippen molar-refractivity contribution in [3.63, 3.8) is 0 Å². The van der Waals surface area contributed by atoms with Crippen LogP contribution in [0.2, 0.25) is 0 Å². The topological polar surface area (TPSA) is 18.5 Å². The summed E-state index contributed by atoms with van der Waals surface area (Å²) >= 11 is 0. The Kier molecular flexibility index (Phi) is 3.28. The summed E-state index contributed by atoms with van der Waals surface area (Å²) in [5.74, 6) is 0.799. The van der Waals surface area contributed by atoms with Crippen LogP contribution in [-0.2, 0) is 0 Å². The van der Waals surface area contributed by atoms with Crippen molar-refractivity contribution in [2.45, 2.75) is 0 Å². The highest BCUT2D eigenvalue weighted by atomic mass is 32.5. The van der Waals surface area contributed by atoms with Gasteiger partial charge in [-0.15, -0.1) is 0 Å². The number of hydrogen-bond donors (Lipinski definition) is 0. The summed E-state index contributed by atoms with van der Waals surface area (Å²) < 4.78 is 69.1. The van der Waals surface area contributed by atoms with Gasteiger partial charge >= 0.3 is 10.2 Å². The zero-order valence-electron chi connectivity index (χ0n) is 9.29. The van der Waals surface area contributed by atoms with E-state index in [4.69, 9.17) is 9.47 Å². The zero-order chi connectivity index (χ0) is 13.9. The number of rotatable bonds is 5. The van der Waals surface area contributed by atoms with Gasteiger partial charge in [0, 0.05) is 0 Å². The lowest BCUT2D eigenvalue weighted by molar-refractivity contribution is 0.357. The quantitative estimate of drug-likeness (QED) is 0.719. The van der Waals surface area contributed by atoms with Crippen LogP contribution in [0.15, 0.2) is 35.7 Å². The third-order valence-corrected chi connectivity index (χ3v) is 2.47. The molecule has 1 rings (SSSR count). The molecule has 0 fully saturated rings. The van der Waals surface area contributed by atoms with Crippen molar-refractivity contribution in [3.8, 4) is 11.5 Å². The van der Waals surface area contributed by atoms with Crippen LogP contribution in [0, 0.1) is 0 Å². The minimum Gasteiger partial charge on any atom is -0.497 e. The molecule has 0 saturated heterocycles. The van der Waals surface area contributed by atoms with Gasteiger partial charge in [0.15, 0.2) is 0 Å². The third-order valence-electron chi connectivity index (χ3n) is 1.76. The molecule has 0 atom stereocenters. The van der Waals surface area contributed by atoms with E-state index in [1.165, 1.54) is 31.4 Å². The molecule has 18 heavy (non-hydrogen) atoms. The van der Waals surface area contributed by atoms with Crippen LogP contribution in [-0.4, -0.2) is 13.7 Å². The zero-order valence-corrected chi connectivity index (χ0v) is 10.1. The predicted octanol–water partition coefficient (Wildman–Crippen LogP) is 4.89. The maximum absolute atomic E-state index is 11.9. The summed E-state index contributed by atoms with van der Waals surface area (Å²) in [4.78, 5) is 0. The molecule has 0 N–H and O–H groups in total. The minimum absolute atomic E-state index is 0.242. The van der Waals surface area contributed by atoms with Gasteiger partial charge in [0.05, 0.1) is 12.5 Å². The minimum atomic E-state index is -9.48. The first-order valence-corrected chi connectivity index (χ1v) is 6.69. The van der Waals surface area contributed by atoms with Gasteiger partial charge in [0.25, 0.3) is 0 Å². The Morgan fingerprint density at radius 3 is 1.94 bits per heavy atom. The van der Waals surface area contributed by atoms with Crippen molar-refractivity contribution in [2.24, 2.45) is 0 Å². The molecule has 0 aliphatic carbocycles. The highest BCUT2D eigenvalue weighted by molar-refractivity contribution is 8.48. The average Bonchev–Trinajstić information content (AvgIpc) is 2.22. The molecular formula is C10H11F5O2S. The van der Waals surface area contributed by atoms with Gasteiger partial charge in [-0.2, -0.15) is 0 Å². The lowest BCUT2D eigenvalue weighted by atomic mass is 10.3. The lowest BCUT2D eigenvalue weighted by Crippen LogP contribution is -2.01. The lowest BCUT2D eigenvalue weighted by Gasteiger charge is -2.36. The summed E-state index contributed by atoms with van der Waals surface area (Å²) in [6.07, 6.45) is 0.242. The monoisotopic (exact) mass is 290 g/mol. The number of benzene rings is 1. The fourth-order valence-electron chi connectivity index (χ4n) is 1.04. The Hall–Kier alpha value is -1.44. The third kappa shape index (κ3) is 6.33. The Bertz CT molecular complexity index is 437. The number of ether oxygens (including phenoxy) is 2. The molecule has 0 bridgehead atoms. The summed E-state index contributed by atoms with van der Waals surface area (Å²) in [5, 5.41) is -1.02. The van der Waals surface area contributed by atoms with E-state index in [2.05, 4.69) is 0 Å². The number of halogens is 5. The molecule has 2 nitrogen and oxygen atoms in total. The van der Waals surface area contributed by atoms with Crippen molar-refractivity contribution >= 4 is 10.2 Å². The van der Waals surface area contributed by atoms with Crippen LogP contribution >= 0.6 is 10.2 Å². The van der Waals surface area contributed by atoms with Gasteiger partial charge in [-0.1, -0.05) is 19.4 Å². The molecule has 1 aromatic rings. The first-order valence-electron chi connectivity index (χ1n) is 4.68. The van der Waals surface area contributed by atoms with Gasteiger partial charge in [0.2, 0.25) is 0 Å². The molecule has 0 saturated carbocycles. The van der Waals surface area contributed by atoms with E-state index in [9.17, 15) is 19.4 Å². The highest BCUT2D eigenvalue weighted by Gasteiger charge is 2.60. The van der Waals surface area contributed by atoms with Gasteiger partial charge in [-0.05, 0) is 30.3 Å². The SMILES string of the molecule is COc1ccc(OC/C=C/S(F)(F)(F)(F)F)cc1. The van der Waals surface area contributed by atoms with E-state index >= 15 is 0 Å². The standard InChI is InChI=1S/C10H11F5O2S/c1-16-9-3-5-10(6-4-9)17-7-2-8-18(11,12,13,14)15/h2-6,8H,7H2,1H3/b8-2+. The van der Waals surface area contributed by atoms with Crippen molar-refractivity contribution in [1.29, 1.82) is 0 Å². The van der Waals surface area contributed by atoms with Crippen molar-refractivity contribution < 1.29 is 28.9 Å². The second-order valence-electron chi connectivity index (χ2n) is 3.39. The fraction of sp³-hybridized carbons (Fsp3) is 0.200. The molecule has 1 aromatic carbocycles. The van der Waals surface area contributed by atoms with E-state index in [1.54, 1.807) is 0 Å². The molecule has 0 radical (unpaired) electrons. The summed E-state index contributed by atoms with van der Waals surface area (Å²) in [5.41, 5.74) is 0. The fourth-order valence-corrected chi connectivity index (χ4v) is 1.48. The van der Waals surface area contributed by atoms with Gasteiger partial charge in [-0.3, -0.25) is 0 Å².